The second-order valence-corrected chi connectivity index (χ2v) is 6.44. The van der Waals surface area contributed by atoms with Crippen LogP contribution >= 0.6 is 0 Å². The molecule has 0 fully saturated rings. The average molecular weight is 330 g/mol. The van der Waals surface area contributed by atoms with Crippen molar-refractivity contribution >= 4 is 17.5 Å². The fraction of sp³-hybridized carbons (Fsp3) is 0.600. The van der Waals surface area contributed by atoms with Gasteiger partial charge in [-0.1, -0.05) is 38.5 Å². The highest BCUT2D eigenvalue weighted by atomic mass is 16.2. The zero-order valence-electron chi connectivity index (χ0n) is 15.3. The van der Waals surface area contributed by atoms with Crippen LogP contribution in [0.4, 0.5) is 5.69 Å². The summed E-state index contributed by atoms with van der Waals surface area (Å²) in [5.74, 6) is 0.158. The second-order valence-electron chi connectivity index (χ2n) is 6.44. The fourth-order valence-electron chi connectivity index (χ4n) is 3.44. The van der Waals surface area contributed by atoms with Crippen LogP contribution in [0.1, 0.15) is 58.4 Å². The Kier molecular flexibility index (Phi) is 6.83. The highest BCUT2D eigenvalue weighted by molar-refractivity contribution is 6.01. The molecule has 0 aliphatic carbocycles. The van der Waals surface area contributed by atoms with Crippen LogP contribution in [-0.4, -0.2) is 35.8 Å². The summed E-state index contributed by atoms with van der Waals surface area (Å²) in [4.78, 5) is 29.6. The second kappa shape index (κ2) is 8.86. The Morgan fingerprint density at radius 2 is 1.96 bits per heavy atom. The normalized spacial score (nSPS) is 15.6. The van der Waals surface area contributed by atoms with Gasteiger partial charge in [-0.05, 0) is 44.2 Å². The van der Waals surface area contributed by atoms with Gasteiger partial charge in [-0.3, -0.25) is 14.5 Å². The third-order valence-electron chi connectivity index (χ3n) is 4.82. The minimum atomic E-state index is -0.395. The number of carbonyl (C=O) groups excluding carboxylic acids is 2. The Morgan fingerprint density at radius 3 is 2.62 bits per heavy atom. The van der Waals surface area contributed by atoms with Gasteiger partial charge in [0, 0.05) is 25.2 Å². The maximum atomic E-state index is 13.1. The van der Waals surface area contributed by atoms with E-state index in [4.69, 9.17) is 0 Å². The van der Waals surface area contributed by atoms with E-state index in [0.717, 1.165) is 37.9 Å². The van der Waals surface area contributed by atoms with Crippen LogP contribution in [0.5, 0.6) is 0 Å². The highest BCUT2D eigenvalue weighted by Crippen LogP contribution is 2.30. The van der Waals surface area contributed by atoms with Crippen molar-refractivity contribution in [3.8, 4) is 0 Å². The molecule has 0 saturated heterocycles. The summed E-state index contributed by atoms with van der Waals surface area (Å²) in [6.45, 7) is 7.60. The Labute approximate surface area is 145 Å². The maximum absolute atomic E-state index is 13.1. The summed E-state index contributed by atoms with van der Waals surface area (Å²) in [6.07, 6.45) is 4.97. The molecule has 0 aromatic heterocycles. The van der Waals surface area contributed by atoms with E-state index < -0.39 is 6.04 Å². The van der Waals surface area contributed by atoms with Gasteiger partial charge in [0.05, 0.1) is 0 Å². The molecule has 0 bridgehead atoms. The number of carbonyl (C=O) groups is 2. The first kappa shape index (κ1) is 18.5. The molecule has 1 unspecified atom stereocenters. The largest absolute Gasteiger partial charge is 0.341 e. The Balaban J connectivity index is 2.33. The fourth-order valence-corrected chi connectivity index (χ4v) is 3.44. The van der Waals surface area contributed by atoms with E-state index in [1.54, 1.807) is 4.90 Å². The number of rotatable bonds is 7. The van der Waals surface area contributed by atoms with Crippen molar-refractivity contribution in [2.24, 2.45) is 0 Å². The number of nitrogens with zero attached hydrogens (tertiary/aromatic N) is 2. The molecule has 1 aromatic rings. The van der Waals surface area contributed by atoms with Crippen molar-refractivity contribution < 1.29 is 9.59 Å². The first-order valence-corrected chi connectivity index (χ1v) is 9.32. The van der Waals surface area contributed by atoms with E-state index >= 15 is 0 Å². The molecule has 4 nitrogen and oxygen atoms in total. The number of amides is 2. The first-order valence-electron chi connectivity index (χ1n) is 9.32. The van der Waals surface area contributed by atoms with Crippen LogP contribution in [0.25, 0.3) is 0 Å². The quantitative estimate of drug-likeness (QED) is 0.763. The molecule has 0 radical (unpaired) electrons. The Hall–Kier alpha value is -1.84. The first-order chi connectivity index (χ1) is 11.6. The summed E-state index contributed by atoms with van der Waals surface area (Å²) in [7, 11) is 0. The molecule has 4 heteroatoms. The van der Waals surface area contributed by atoms with Crippen LogP contribution in [0, 0.1) is 0 Å². The highest BCUT2D eigenvalue weighted by Gasteiger charge is 2.34. The molecule has 2 amide bonds. The predicted octanol–water partition coefficient (Wildman–Crippen LogP) is 3.78. The molecule has 0 spiro atoms. The van der Waals surface area contributed by atoms with E-state index in [2.05, 4.69) is 13.0 Å². The lowest BCUT2D eigenvalue weighted by molar-refractivity contribution is -0.134. The average Bonchev–Trinajstić information content (AvgIpc) is 2.76. The zero-order chi connectivity index (χ0) is 17.5. The number of likely N-dealkylation sites (N-methyl/N-ethyl adjacent to an activating group) is 1. The summed E-state index contributed by atoms with van der Waals surface area (Å²) >= 11 is 0. The molecule has 1 aromatic carbocycles. The molecule has 0 saturated carbocycles. The van der Waals surface area contributed by atoms with Crippen LogP contribution in [-0.2, 0) is 16.0 Å². The molecular weight excluding hydrogens is 300 g/mol. The van der Waals surface area contributed by atoms with Crippen molar-refractivity contribution in [1.82, 2.24) is 4.90 Å². The van der Waals surface area contributed by atoms with Crippen molar-refractivity contribution in [2.45, 2.75) is 65.3 Å². The lowest BCUT2D eigenvalue weighted by Crippen LogP contribution is -2.51. The molecule has 1 aliphatic rings. The number of anilines is 1. The minimum absolute atomic E-state index is 0.0756. The molecule has 2 rings (SSSR count). The van der Waals surface area contributed by atoms with Crippen LogP contribution in [0.3, 0.4) is 0 Å². The molecule has 1 atom stereocenters. The van der Waals surface area contributed by atoms with Crippen LogP contribution in [0.2, 0.25) is 0 Å². The smallest absolute Gasteiger partial charge is 0.245 e. The molecule has 0 N–H and O–H groups in total. The Bertz CT molecular complexity index is 571. The molecule has 24 heavy (non-hydrogen) atoms. The molecule has 1 heterocycles. The van der Waals surface area contributed by atoms with Crippen LogP contribution in [0.15, 0.2) is 24.3 Å². The number of aryl methyl sites for hydroxylation is 1. The lowest BCUT2D eigenvalue weighted by atomic mass is 10.1. The summed E-state index contributed by atoms with van der Waals surface area (Å²) in [5, 5.41) is 0. The molecular formula is C20H30N2O2. The lowest BCUT2D eigenvalue weighted by Gasteiger charge is -2.34. The molecule has 132 valence electrons. The molecule has 1 aliphatic heterocycles. The monoisotopic (exact) mass is 330 g/mol. The van der Waals surface area contributed by atoms with Gasteiger partial charge in [0.25, 0.3) is 0 Å². The van der Waals surface area contributed by atoms with Gasteiger partial charge in [0.2, 0.25) is 11.8 Å². The number of benzene rings is 1. The number of unbranched alkanes of at least 4 members (excludes halogenated alkanes) is 1. The summed E-state index contributed by atoms with van der Waals surface area (Å²) < 4.78 is 0. The van der Waals surface area contributed by atoms with Gasteiger partial charge in [0.1, 0.15) is 6.04 Å². The SMILES string of the molecule is CCCCN(CC)C(=O)C(CC)N1C(=O)CCCc2ccccc21. The van der Waals surface area contributed by atoms with E-state index in [0.29, 0.717) is 19.4 Å². The van der Waals surface area contributed by atoms with Gasteiger partial charge in [-0.25, -0.2) is 0 Å². The van der Waals surface area contributed by atoms with Crippen molar-refractivity contribution in [1.29, 1.82) is 0 Å². The van der Waals surface area contributed by atoms with Gasteiger partial charge in [-0.15, -0.1) is 0 Å². The zero-order valence-corrected chi connectivity index (χ0v) is 15.3. The predicted molar refractivity (Wildman–Crippen MR) is 98.1 cm³/mol. The van der Waals surface area contributed by atoms with E-state index in [1.807, 2.05) is 36.9 Å². The Morgan fingerprint density at radius 1 is 1.21 bits per heavy atom. The number of hydrogen-bond donors (Lipinski definition) is 0. The number of fused-ring (bicyclic) bond motifs is 1. The topological polar surface area (TPSA) is 40.6 Å². The standard InChI is InChI=1S/C20H30N2O2/c1-4-7-15-21(6-3)20(24)17(5-2)22-18-13-9-8-11-16(18)12-10-14-19(22)23/h8-9,11,13,17H,4-7,10,12,14-15H2,1-3H3. The van der Waals surface area contributed by atoms with Gasteiger partial charge < -0.3 is 4.90 Å². The third kappa shape index (κ3) is 3.97. The van der Waals surface area contributed by atoms with E-state index in [9.17, 15) is 9.59 Å². The number of para-hydroxylation sites is 1. The summed E-state index contributed by atoms with van der Waals surface area (Å²) in [6, 6.07) is 7.63. The van der Waals surface area contributed by atoms with Gasteiger partial charge in [0.15, 0.2) is 0 Å². The number of hydrogen-bond acceptors (Lipinski definition) is 2. The van der Waals surface area contributed by atoms with E-state index in [1.165, 1.54) is 5.56 Å². The summed E-state index contributed by atoms with van der Waals surface area (Å²) in [5.41, 5.74) is 2.10. The maximum Gasteiger partial charge on any atom is 0.245 e. The van der Waals surface area contributed by atoms with Crippen molar-refractivity contribution in [3.05, 3.63) is 29.8 Å². The third-order valence-corrected chi connectivity index (χ3v) is 4.82. The van der Waals surface area contributed by atoms with Gasteiger partial charge in [-0.2, -0.15) is 0 Å². The van der Waals surface area contributed by atoms with E-state index in [-0.39, 0.29) is 11.8 Å². The van der Waals surface area contributed by atoms with Crippen molar-refractivity contribution in [3.63, 3.8) is 0 Å². The minimum Gasteiger partial charge on any atom is -0.341 e. The van der Waals surface area contributed by atoms with Crippen molar-refractivity contribution in [2.75, 3.05) is 18.0 Å². The van der Waals surface area contributed by atoms with Crippen LogP contribution < -0.4 is 4.90 Å². The van der Waals surface area contributed by atoms with Gasteiger partial charge >= 0.3 is 0 Å².